The zero-order valence-electron chi connectivity index (χ0n) is 11.0. The van der Waals surface area contributed by atoms with Crippen LogP contribution in [0, 0.1) is 13.8 Å². The van der Waals surface area contributed by atoms with Crippen LogP contribution in [0.3, 0.4) is 0 Å². The third-order valence-corrected chi connectivity index (χ3v) is 3.32. The topological polar surface area (TPSA) is 29.3 Å². The van der Waals surface area contributed by atoms with Gasteiger partial charge < -0.3 is 10.6 Å². The van der Waals surface area contributed by atoms with Crippen LogP contribution in [0.15, 0.2) is 12.1 Å². The lowest BCUT2D eigenvalue weighted by Crippen LogP contribution is -2.25. The van der Waals surface area contributed by atoms with Crippen LogP contribution in [0.4, 0.5) is 5.69 Å². The van der Waals surface area contributed by atoms with E-state index in [-0.39, 0.29) is 0 Å². The Bertz CT molecular complexity index is 341. The number of aryl methyl sites for hydroxylation is 2. The van der Waals surface area contributed by atoms with Gasteiger partial charge in [-0.25, -0.2) is 0 Å². The van der Waals surface area contributed by atoms with Crippen molar-refractivity contribution >= 4 is 5.69 Å². The molecule has 0 bridgehead atoms. The summed E-state index contributed by atoms with van der Waals surface area (Å²) in [4.78, 5) is 2.45. The molecule has 0 heterocycles. The van der Waals surface area contributed by atoms with Crippen molar-refractivity contribution in [2.24, 2.45) is 0 Å². The molecule has 1 aromatic rings. The van der Waals surface area contributed by atoms with E-state index in [0.717, 1.165) is 31.7 Å². The third-order valence-electron chi connectivity index (χ3n) is 3.32. The minimum atomic E-state index is 0.907. The van der Waals surface area contributed by atoms with Gasteiger partial charge in [-0.2, -0.15) is 0 Å². The summed E-state index contributed by atoms with van der Waals surface area (Å²) in [5, 5.41) is 0. The standard InChI is InChI=1S/C14H24N2/c1-5-16(6-2)8-7-13-9-12(4)14(15)10-11(13)3/h9-10H,5-8,15H2,1-4H3. The molecular weight excluding hydrogens is 196 g/mol. The predicted octanol–water partition coefficient (Wildman–Crippen LogP) is 2.77. The maximum absolute atomic E-state index is 5.89. The highest BCUT2D eigenvalue weighted by Gasteiger charge is 2.04. The van der Waals surface area contributed by atoms with E-state index in [4.69, 9.17) is 5.73 Å². The number of benzene rings is 1. The first kappa shape index (κ1) is 13.0. The second kappa shape index (κ2) is 5.90. The molecule has 0 saturated carbocycles. The largest absolute Gasteiger partial charge is 0.399 e. The summed E-state index contributed by atoms with van der Waals surface area (Å²) in [7, 11) is 0. The molecule has 0 aliphatic carbocycles. The SMILES string of the molecule is CCN(CC)CCc1cc(C)c(N)cc1C. The smallest absolute Gasteiger partial charge is 0.0346 e. The summed E-state index contributed by atoms with van der Waals surface area (Å²) >= 11 is 0. The number of nitrogens with two attached hydrogens (primary N) is 1. The van der Waals surface area contributed by atoms with Gasteiger partial charge >= 0.3 is 0 Å². The number of hydrogen-bond acceptors (Lipinski definition) is 2. The number of anilines is 1. The summed E-state index contributed by atoms with van der Waals surface area (Å²) in [5.41, 5.74) is 10.7. The molecule has 0 atom stereocenters. The Kier molecular flexibility index (Phi) is 4.81. The quantitative estimate of drug-likeness (QED) is 0.773. The van der Waals surface area contributed by atoms with Gasteiger partial charge in [-0.3, -0.25) is 0 Å². The van der Waals surface area contributed by atoms with Crippen LogP contribution in [0.2, 0.25) is 0 Å². The maximum Gasteiger partial charge on any atom is 0.0346 e. The van der Waals surface area contributed by atoms with Crippen LogP contribution < -0.4 is 5.73 Å². The van der Waals surface area contributed by atoms with E-state index < -0.39 is 0 Å². The van der Waals surface area contributed by atoms with E-state index in [1.165, 1.54) is 16.7 Å². The second-order valence-electron chi connectivity index (χ2n) is 4.41. The van der Waals surface area contributed by atoms with Crippen molar-refractivity contribution in [2.45, 2.75) is 34.1 Å². The minimum Gasteiger partial charge on any atom is -0.399 e. The molecule has 0 aliphatic heterocycles. The van der Waals surface area contributed by atoms with Gasteiger partial charge in [-0.15, -0.1) is 0 Å². The lowest BCUT2D eigenvalue weighted by atomic mass is 10.0. The molecule has 2 nitrogen and oxygen atoms in total. The Morgan fingerprint density at radius 2 is 1.69 bits per heavy atom. The number of likely N-dealkylation sites (N-methyl/N-ethyl adjacent to an activating group) is 1. The lowest BCUT2D eigenvalue weighted by molar-refractivity contribution is 0.308. The molecule has 0 spiro atoms. The van der Waals surface area contributed by atoms with E-state index in [9.17, 15) is 0 Å². The zero-order valence-corrected chi connectivity index (χ0v) is 11.0. The van der Waals surface area contributed by atoms with Gasteiger partial charge in [0.1, 0.15) is 0 Å². The minimum absolute atomic E-state index is 0.907. The Balaban J connectivity index is 2.70. The molecule has 0 aromatic heterocycles. The van der Waals surface area contributed by atoms with E-state index in [0.29, 0.717) is 0 Å². The highest BCUT2D eigenvalue weighted by molar-refractivity contribution is 5.51. The van der Waals surface area contributed by atoms with Crippen LogP contribution in [0.25, 0.3) is 0 Å². The Morgan fingerprint density at radius 1 is 1.06 bits per heavy atom. The maximum atomic E-state index is 5.89. The fourth-order valence-electron chi connectivity index (χ4n) is 1.99. The van der Waals surface area contributed by atoms with E-state index in [1.807, 2.05) is 0 Å². The highest BCUT2D eigenvalue weighted by Crippen LogP contribution is 2.18. The summed E-state index contributed by atoms with van der Waals surface area (Å²) in [5.74, 6) is 0. The second-order valence-corrected chi connectivity index (χ2v) is 4.41. The van der Waals surface area contributed by atoms with Crippen molar-refractivity contribution in [3.8, 4) is 0 Å². The van der Waals surface area contributed by atoms with Crippen molar-refractivity contribution in [3.05, 3.63) is 28.8 Å². The number of nitrogens with zero attached hydrogens (tertiary/aromatic N) is 1. The van der Waals surface area contributed by atoms with Crippen molar-refractivity contribution < 1.29 is 0 Å². The van der Waals surface area contributed by atoms with Crippen molar-refractivity contribution in [1.29, 1.82) is 0 Å². The Morgan fingerprint density at radius 3 is 2.25 bits per heavy atom. The molecule has 1 rings (SSSR count). The van der Waals surface area contributed by atoms with Gasteiger partial charge in [-0.05, 0) is 56.1 Å². The first-order chi connectivity index (χ1) is 7.58. The first-order valence-corrected chi connectivity index (χ1v) is 6.16. The normalized spacial score (nSPS) is 11.1. The van der Waals surface area contributed by atoms with Gasteiger partial charge in [0, 0.05) is 12.2 Å². The zero-order chi connectivity index (χ0) is 12.1. The monoisotopic (exact) mass is 220 g/mol. The van der Waals surface area contributed by atoms with Gasteiger partial charge in [-0.1, -0.05) is 19.9 Å². The predicted molar refractivity (Wildman–Crippen MR) is 71.8 cm³/mol. The lowest BCUT2D eigenvalue weighted by Gasteiger charge is -2.19. The number of hydrogen-bond donors (Lipinski definition) is 1. The van der Waals surface area contributed by atoms with Crippen molar-refractivity contribution in [2.75, 3.05) is 25.4 Å². The Hall–Kier alpha value is -1.02. The summed E-state index contributed by atoms with van der Waals surface area (Å²) in [6, 6.07) is 4.32. The molecule has 0 amide bonds. The van der Waals surface area contributed by atoms with Crippen molar-refractivity contribution in [1.82, 2.24) is 4.90 Å². The van der Waals surface area contributed by atoms with E-state index >= 15 is 0 Å². The molecule has 0 aliphatic rings. The summed E-state index contributed by atoms with van der Waals surface area (Å²) in [6.07, 6.45) is 1.12. The van der Waals surface area contributed by atoms with Crippen LogP contribution >= 0.6 is 0 Å². The van der Waals surface area contributed by atoms with Gasteiger partial charge in [0.2, 0.25) is 0 Å². The van der Waals surface area contributed by atoms with Crippen LogP contribution in [0.5, 0.6) is 0 Å². The van der Waals surface area contributed by atoms with E-state index in [1.54, 1.807) is 0 Å². The molecule has 0 unspecified atom stereocenters. The average Bonchev–Trinajstić information content (AvgIpc) is 2.26. The average molecular weight is 220 g/mol. The molecule has 16 heavy (non-hydrogen) atoms. The van der Waals surface area contributed by atoms with E-state index in [2.05, 4.69) is 44.7 Å². The van der Waals surface area contributed by atoms with Crippen molar-refractivity contribution in [3.63, 3.8) is 0 Å². The fraction of sp³-hybridized carbons (Fsp3) is 0.571. The van der Waals surface area contributed by atoms with Gasteiger partial charge in [0.05, 0.1) is 0 Å². The molecule has 0 radical (unpaired) electrons. The molecule has 0 fully saturated rings. The summed E-state index contributed by atoms with van der Waals surface area (Å²) in [6.45, 7) is 12.0. The molecule has 2 N–H and O–H groups in total. The molecule has 90 valence electrons. The molecule has 1 aromatic carbocycles. The third kappa shape index (κ3) is 3.24. The van der Waals surface area contributed by atoms with Gasteiger partial charge in [0.15, 0.2) is 0 Å². The van der Waals surface area contributed by atoms with Crippen LogP contribution in [0.1, 0.15) is 30.5 Å². The molecule has 0 saturated heterocycles. The molecule has 2 heteroatoms. The fourth-order valence-corrected chi connectivity index (χ4v) is 1.99. The molecular formula is C14H24N2. The summed E-state index contributed by atoms with van der Waals surface area (Å²) < 4.78 is 0. The number of nitrogen functional groups attached to an aromatic ring is 1. The Labute approximate surface area is 99.5 Å². The highest BCUT2D eigenvalue weighted by atomic mass is 15.1. The number of rotatable bonds is 5. The van der Waals surface area contributed by atoms with Crippen LogP contribution in [-0.2, 0) is 6.42 Å². The van der Waals surface area contributed by atoms with Gasteiger partial charge in [0.25, 0.3) is 0 Å². The van der Waals surface area contributed by atoms with Crippen LogP contribution in [-0.4, -0.2) is 24.5 Å². The first-order valence-electron chi connectivity index (χ1n) is 6.16.